The predicted molar refractivity (Wildman–Crippen MR) is 76.0 cm³/mol. The molecule has 0 bridgehead atoms. The Balaban J connectivity index is 2.28. The number of nitrogens with zero attached hydrogens (tertiary/aromatic N) is 2. The monoisotopic (exact) mass is 259 g/mol. The predicted octanol–water partition coefficient (Wildman–Crippen LogP) is 4.15. The first-order valence-electron chi connectivity index (χ1n) is 6.39. The normalized spacial score (nSPS) is 10.7. The van der Waals surface area contributed by atoms with Crippen LogP contribution in [0.4, 0.5) is 0 Å². The Morgan fingerprint density at radius 3 is 2.89 bits per heavy atom. The summed E-state index contributed by atoms with van der Waals surface area (Å²) in [6.07, 6.45) is 4.85. The van der Waals surface area contributed by atoms with Gasteiger partial charge in [0.15, 0.2) is 4.77 Å². The van der Waals surface area contributed by atoms with Crippen molar-refractivity contribution in [3.05, 3.63) is 28.5 Å². The molecule has 0 saturated heterocycles. The van der Waals surface area contributed by atoms with Crippen LogP contribution in [-0.4, -0.2) is 9.55 Å². The molecule has 18 heavy (non-hydrogen) atoms. The average molecular weight is 259 g/mol. The molecule has 3 nitrogen and oxygen atoms in total. The van der Waals surface area contributed by atoms with E-state index in [0.717, 1.165) is 28.8 Å². The molecule has 1 aromatic heterocycles. The van der Waals surface area contributed by atoms with E-state index in [1.165, 1.54) is 19.3 Å². The van der Waals surface area contributed by atoms with E-state index in [1.54, 1.807) is 0 Å². The van der Waals surface area contributed by atoms with Gasteiger partial charge in [-0.3, -0.25) is 0 Å². The van der Waals surface area contributed by atoms with E-state index in [2.05, 4.69) is 22.5 Å². The van der Waals surface area contributed by atoms with Gasteiger partial charge in [-0.25, -0.2) is 0 Å². The molecule has 0 aliphatic heterocycles. The van der Waals surface area contributed by atoms with E-state index in [1.807, 2.05) is 18.2 Å². The molecular formula is C14H17N3S. The Morgan fingerprint density at radius 1 is 1.33 bits per heavy atom. The van der Waals surface area contributed by atoms with E-state index in [-0.39, 0.29) is 0 Å². The summed E-state index contributed by atoms with van der Waals surface area (Å²) in [4.78, 5) is 3.19. The topological polar surface area (TPSA) is 44.5 Å². The number of rotatable bonds is 5. The van der Waals surface area contributed by atoms with Crippen molar-refractivity contribution in [2.24, 2.45) is 0 Å². The first-order chi connectivity index (χ1) is 8.76. The first kappa shape index (κ1) is 12.8. The highest BCUT2D eigenvalue weighted by atomic mass is 32.1. The molecule has 0 amide bonds. The summed E-state index contributed by atoms with van der Waals surface area (Å²) in [5.41, 5.74) is 2.73. The number of fused-ring (bicyclic) bond motifs is 1. The molecule has 0 fully saturated rings. The lowest BCUT2D eigenvalue weighted by molar-refractivity contribution is 0.587. The second kappa shape index (κ2) is 5.83. The van der Waals surface area contributed by atoms with Crippen LogP contribution >= 0.6 is 12.2 Å². The molecule has 0 unspecified atom stereocenters. The number of imidazole rings is 1. The first-order valence-corrected chi connectivity index (χ1v) is 6.79. The molecule has 0 saturated carbocycles. The van der Waals surface area contributed by atoms with Gasteiger partial charge >= 0.3 is 0 Å². The maximum absolute atomic E-state index is 8.95. The zero-order valence-electron chi connectivity index (χ0n) is 10.6. The highest BCUT2D eigenvalue weighted by Crippen LogP contribution is 2.17. The maximum atomic E-state index is 8.95. The number of hydrogen-bond donors (Lipinski definition) is 1. The van der Waals surface area contributed by atoms with E-state index >= 15 is 0 Å². The molecule has 0 radical (unpaired) electrons. The molecule has 2 aromatic rings. The number of unbranched alkanes of at least 4 members (excludes halogenated alkanes) is 3. The lowest BCUT2D eigenvalue weighted by Crippen LogP contribution is -1.98. The summed E-state index contributed by atoms with van der Waals surface area (Å²) in [6.45, 7) is 3.13. The number of aromatic nitrogens is 2. The Bertz CT molecular complexity index is 631. The van der Waals surface area contributed by atoms with Gasteiger partial charge in [-0.15, -0.1) is 0 Å². The highest BCUT2D eigenvalue weighted by molar-refractivity contribution is 7.71. The molecule has 4 heteroatoms. The van der Waals surface area contributed by atoms with Crippen LogP contribution in [0, 0.1) is 16.1 Å². The Labute approximate surface area is 112 Å². The molecule has 1 aromatic carbocycles. The number of aromatic amines is 1. The zero-order valence-corrected chi connectivity index (χ0v) is 11.4. The van der Waals surface area contributed by atoms with Gasteiger partial charge in [0.1, 0.15) is 0 Å². The van der Waals surface area contributed by atoms with Crippen LogP contribution in [0.15, 0.2) is 18.2 Å². The molecule has 0 spiro atoms. The lowest BCUT2D eigenvalue weighted by Gasteiger charge is -2.04. The number of benzene rings is 1. The van der Waals surface area contributed by atoms with Gasteiger partial charge in [-0.1, -0.05) is 26.2 Å². The van der Waals surface area contributed by atoms with Gasteiger partial charge < -0.3 is 9.55 Å². The third-order valence-electron chi connectivity index (χ3n) is 3.14. The van der Waals surface area contributed by atoms with Crippen molar-refractivity contribution in [2.75, 3.05) is 0 Å². The van der Waals surface area contributed by atoms with Crippen molar-refractivity contribution in [1.82, 2.24) is 9.55 Å². The van der Waals surface area contributed by atoms with Crippen LogP contribution in [0.25, 0.3) is 11.0 Å². The van der Waals surface area contributed by atoms with Crippen LogP contribution in [0.5, 0.6) is 0 Å². The van der Waals surface area contributed by atoms with Crippen molar-refractivity contribution in [2.45, 2.75) is 39.2 Å². The molecule has 94 valence electrons. The number of aryl methyl sites for hydroxylation is 1. The van der Waals surface area contributed by atoms with Crippen LogP contribution < -0.4 is 0 Å². The van der Waals surface area contributed by atoms with Crippen molar-refractivity contribution in [3.63, 3.8) is 0 Å². The molecular weight excluding hydrogens is 242 g/mol. The molecule has 0 aliphatic rings. The van der Waals surface area contributed by atoms with Gasteiger partial charge in [0, 0.05) is 6.54 Å². The van der Waals surface area contributed by atoms with Crippen molar-refractivity contribution < 1.29 is 0 Å². The highest BCUT2D eigenvalue weighted by Gasteiger charge is 2.05. The van der Waals surface area contributed by atoms with E-state index < -0.39 is 0 Å². The standard InChI is InChI=1S/C14H17N3S/c1-2-3-4-5-8-17-13-9-11(10-15)6-7-12(13)16-14(17)18/h6-7,9H,2-5,8H2,1H3,(H,16,18). The summed E-state index contributed by atoms with van der Waals surface area (Å²) in [7, 11) is 0. The Morgan fingerprint density at radius 2 is 2.17 bits per heavy atom. The second-order valence-electron chi connectivity index (χ2n) is 4.49. The third kappa shape index (κ3) is 2.62. The molecule has 0 atom stereocenters. The number of H-pyrrole nitrogens is 1. The molecule has 2 rings (SSSR count). The van der Waals surface area contributed by atoms with E-state index in [0.29, 0.717) is 5.56 Å². The van der Waals surface area contributed by atoms with Gasteiger partial charge in [0.25, 0.3) is 0 Å². The van der Waals surface area contributed by atoms with Gasteiger partial charge in [0.05, 0.1) is 22.7 Å². The summed E-state index contributed by atoms with van der Waals surface area (Å²) in [5.74, 6) is 0. The smallest absolute Gasteiger partial charge is 0.178 e. The lowest BCUT2D eigenvalue weighted by atomic mass is 10.2. The fourth-order valence-electron chi connectivity index (χ4n) is 2.14. The van der Waals surface area contributed by atoms with Crippen molar-refractivity contribution in [1.29, 1.82) is 5.26 Å². The fourth-order valence-corrected chi connectivity index (χ4v) is 2.44. The van der Waals surface area contributed by atoms with Crippen molar-refractivity contribution >= 4 is 23.3 Å². The minimum atomic E-state index is 0.679. The number of nitrogens with one attached hydrogen (secondary N) is 1. The number of nitriles is 1. The Hall–Kier alpha value is -1.60. The average Bonchev–Trinajstić information content (AvgIpc) is 2.70. The summed E-state index contributed by atoms with van der Waals surface area (Å²) >= 11 is 5.33. The van der Waals surface area contributed by atoms with Crippen molar-refractivity contribution in [3.8, 4) is 6.07 Å². The second-order valence-corrected chi connectivity index (χ2v) is 4.87. The van der Waals surface area contributed by atoms with Gasteiger partial charge in [-0.05, 0) is 36.8 Å². The minimum absolute atomic E-state index is 0.679. The molecule has 1 heterocycles. The van der Waals surface area contributed by atoms with E-state index in [4.69, 9.17) is 17.5 Å². The quantitative estimate of drug-likeness (QED) is 0.647. The van der Waals surface area contributed by atoms with Crippen LogP contribution in [0.2, 0.25) is 0 Å². The van der Waals surface area contributed by atoms with Gasteiger partial charge in [-0.2, -0.15) is 5.26 Å². The van der Waals surface area contributed by atoms with Crippen LogP contribution in [0.1, 0.15) is 38.2 Å². The molecule has 0 aliphatic carbocycles. The maximum Gasteiger partial charge on any atom is 0.178 e. The zero-order chi connectivity index (χ0) is 13.0. The Kier molecular flexibility index (Phi) is 4.16. The summed E-state index contributed by atoms with van der Waals surface area (Å²) in [6, 6.07) is 7.81. The third-order valence-corrected chi connectivity index (χ3v) is 3.46. The van der Waals surface area contributed by atoms with Crippen LogP contribution in [-0.2, 0) is 6.54 Å². The largest absolute Gasteiger partial charge is 0.331 e. The fraction of sp³-hybridized carbons (Fsp3) is 0.429. The summed E-state index contributed by atoms with van der Waals surface area (Å²) in [5, 5.41) is 8.95. The van der Waals surface area contributed by atoms with Crippen LogP contribution in [0.3, 0.4) is 0 Å². The SMILES string of the molecule is CCCCCCn1c(=S)[nH]c2ccc(C#N)cc21. The minimum Gasteiger partial charge on any atom is -0.331 e. The summed E-state index contributed by atoms with van der Waals surface area (Å²) < 4.78 is 2.85. The van der Waals surface area contributed by atoms with Gasteiger partial charge in [0.2, 0.25) is 0 Å². The van der Waals surface area contributed by atoms with E-state index in [9.17, 15) is 0 Å². The molecule has 1 N–H and O–H groups in total. The number of hydrogen-bond acceptors (Lipinski definition) is 2.